The van der Waals surface area contributed by atoms with Gasteiger partial charge in [0.05, 0.1) is 38.6 Å². The van der Waals surface area contributed by atoms with Crippen molar-refractivity contribution in [1.29, 1.82) is 0 Å². The smallest absolute Gasteiger partial charge is 0.417 e. The Bertz CT molecular complexity index is 801. The van der Waals surface area contributed by atoms with E-state index in [1.807, 2.05) is 32.0 Å². The number of benzene rings is 1. The van der Waals surface area contributed by atoms with Gasteiger partial charge in [-0.1, -0.05) is 6.07 Å². The van der Waals surface area contributed by atoms with Crippen LogP contribution in [-0.2, 0) is 23.7 Å². The molecule has 0 amide bonds. The number of aryl methyl sites for hydroxylation is 2. The number of carbonyl (C=O) groups is 1. The Kier molecular flexibility index (Phi) is 11.1. The second-order valence-electron chi connectivity index (χ2n) is 8.27. The van der Waals surface area contributed by atoms with Crippen LogP contribution in [0.4, 0.5) is 18.9 Å². The highest BCUT2D eigenvalue weighted by atomic mass is 19.4. The number of methoxy groups -OCH3 is 1. The average Bonchev–Trinajstić information content (AvgIpc) is 2.79. The SMILES string of the molecule is COC1C(C(F)(F)F)OC[C@H](CNc2ccc(C)c(C)c2)[C@H]1C/C=C\OCCC(=O)OCCO. The molecule has 7 nitrogen and oxygen atoms in total. The number of ether oxygens (including phenoxy) is 4. The maximum absolute atomic E-state index is 13.5. The Hall–Kier alpha value is -2.30. The molecule has 0 aromatic heterocycles. The standard InChI is InChI=1S/C24H34F3NO6/c1-16-6-7-19(13-17(16)2)28-14-18-15-34-23(24(25,26)27)22(31-3)20(18)5-4-10-32-11-8-21(30)33-12-9-29/h4,6-7,10,13,18,20,22-23,28-29H,5,8-9,11-12,14-15H2,1-3H3/b10-4-/t18-,20+,22?,23?/m0/s1. The van der Waals surface area contributed by atoms with Crippen LogP contribution in [0.15, 0.2) is 30.5 Å². The number of halogens is 3. The van der Waals surface area contributed by atoms with Crippen molar-refractivity contribution in [3.05, 3.63) is 41.7 Å². The first-order valence-corrected chi connectivity index (χ1v) is 11.2. The first-order valence-electron chi connectivity index (χ1n) is 11.2. The van der Waals surface area contributed by atoms with E-state index in [0.717, 1.165) is 16.8 Å². The molecule has 1 aliphatic heterocycles. The van der Waals surface area contributed by atoms with Crippen molar-refractivity contribution < 1.29 is 42.0 Å². The van der Waals surface area contributed by atoms with Gasteiger partial charge in [0.25, 0.3) is 0 Å². The van der Waals surface area contributed by atoms with Crippen LogP contribution in [0.1, 0.15) is 24.0 Å². The lowest BCUT2D eigenvalue weighted by atomic mass is 9.80. The molecular weight excluding hydrogens is 455 g/mol. The van der Waals surface area contributed by atoms with Crippen molar-refractivity contribution in [2.24, 2.45) is 11.8 Å². The van der Waals surface area contributed by atoms with Crippen LogP contribution in [-0.4, -0.2) is 69.5 Å². The van der Waals surface area contributed by atoms with E-state index >= 15 is 0 Å². The molecule has 0 bridgehead atoms. The molecule has 10 heteroatoms. The minimum atomic E-state index is -4.54. The Balaban J connectivity index is 2.00. The zero-order valence-corrected chi connectivity index (χ0v) is 19.8. The maximum Gasteiger partial charge on any atom is 0.417 e. The molecule has 2 N–H and O–H groups in total. The summed E-state index contributed by atoms with van der Waals surface area (Å²) >= 11 is 0. The predicted octanol–water partition coefficient (Wildman–Crippen LogP) is 3.77. The van der Waals surface area contributed by atoms with E-state index < -0.39 is 30.3 Å². The Morgan fingerprint density at radius 2 is 2.03 bits per heavy atom. The third-order valence-corrected chi connectivity index (χ3v) is 5.86. The van der Waals surface area contributed by atoms with Gasteiger partial charge in [0, 0.05) is 25.3 Å². The highest BCUT2D eigenvalue weighted by Crippen LogP contribution is 2.38. The third-order valence-electron chi connectivity index (χ3n) is 5.86. The second kappa shape index (κ2) is 13.6. The molecular formula is C24H34F3NO6. The quantitative estimate of drug-likeness (QED) is 0.263. The average molecular weight is 490 g/mol. The molecule has 1 aromatic rings. The van der Waals surface area contributed by atoms with Gasteiger partial charge in [-0.3, -0.25) is 4.79 Å². The minimum absolute atomic E-state index is 0.000956. The molecule has 2 rings (SSSR count). The number of hydrogen-bond donors (Lipinski definition) is 2. The van der Waals surface area contributed by atoms with E-state index in [2.05, 4.69) is 5.32 Å². The zero-order valence-electron chi connectivity index (χ0n) is 19.8. The summed E-state index contributed by atoms with van der Waals surface area (Å²) in [6.07, 6.45) is -4.42. The predicted molar refractivity (Wildman–Crippen MR) is 120 cm³/mol. The van der Waals surface area contributed by atoms with Gasteiger partial charge in [0.15, 0.2) is 6.10 Å². The highest BCUT2D eigenvalue weighted by Gasteiger charge is 2.52. The maximum atomic E-state index is 13.5. The first kappa shape index (κ1) is 27.9. The molecule has 2 unspecified atom stereocenters. The summed E-state index contributed by atoms with van der Waals surface area (Å²) in [5.74, 6) is -1.21. The number of nitrogens with one attached hydrogen (secondary N) is 1. The molecule has 0 saturated carbocycles. The molecule has 34 heavy (non-hydrogen) atoms. The summed E-state index contributed by atoms with van der Waals surface area (Å²) < 4.78 is 61.1. The highest BCUT2D eigenvalue weighted by molar-refractivity contribution is 5.69. The summed E-state index contributed by atoms with van der Waals surface area (Å²) in [6.45, 7) is 4.10. The number of allylic oxidation sites excluding steroid dienone is 1. The van der Waals surface area contributed by atoms with Crippen molar-refractivity contribution in [3.8, 4) is 0 Å². The molecule has 192 valence electrons. The zero-order chi connectivity index (χ0) is 25.1. The number of hydrogen-bond acceptors (Lipinski definition) is 7. The molecule has 0 spiro atoms. The van der Waals surface area contributed by atoms with Crippen LogP contribution in [0.3, 0.4) is 0 Å². The van der Waals surface area contributed by atoms with Gasteiger partial charge in [-0.25, -0.2) is 0 Å². The lowest BCUT2D eigenvalue weighted by molar-refractivity contribution is -0.279. The lowest BCUT2D eigenvalue weighted by Crippen LogP contribution is -2.54. The molecule has 1 aromatic carbocycles. The van der Waals surface area contributed by atoms with Crippen molar-refractivity contribution in [3.63, 3.8) is 0 Å². The number of anilines is 1. The van der Waals surface area contributed by atoms with E-state index in [1.54, 1.807) is 6.08 Å². The molecule has 4 atom stereocenters. The van der Waals surface area contributed by atoms with Crippen LogP contribution in [0.2, 0.25) is 0 Å². The van der Waals surface area contributed by atoms with Gasteiger partial charge in [-0.05, 0) is 55.5 Å². The normalized spacial score (nSPS) is 23.1. The fourth-order valence-corrected chi connectivity index (χ4v) is 3.88. The molecule has 0 aliphatic carbocycles. The molecule has 1 saturated heterocycles. The van der Waals surface area contributed by atoms with E-state index in [0.29, 0.717) is 6.54 Å². The van der Waals surface area contributed by atoms with Gasteiger partial charge < -0.3 is 29.4 Å². The van der Waals surface area contributed by atoms with Crippen LogP contribution < -0.4 is 5.32 Å². The van der Waals surface area contributed by atoms with Crippen LogP contribution >= 0.6 is 0 Å². The third kappa shape index (κ3) is 8.48. The first-order chi connectivity index (χ1) is 16.2. The second-order valence-corrected chi connectivity index (χ2v) is 8.27. The number of rotatable bonds is 12. The summed E-state index contributed by atoms with van der Waals surface area (Å²) in [5.41, 5.74) is 3.16. The number of aliphatic hydroxyl groups is 1. The van der Waals surface area contributed by atoms with Crippen LogP contribution in [0.5, 0.6) is 0 Å². The van der Waals surface area contributed by atoms with Crippen LogP contribution in [0, 0.1) is 25.7 Å². The summed E-state index contributed by atoms with van der Waals surface area (Å²) in [6, 6.07) is 5.93. The fourth-order valence-electron chi connectivity index (χ4n) is 3.88. The van der Waals surface area contributed by atoms with Crippen molar-refractivity contribution in [2.45, 2.75) is 45.1 Å². The molecule has 1 fully saturated rings. The fraction of sp³-hybridized carbons (Fsp3) is 0.625. The van der Waals surface area contributed by atoms with Crippen molar-refractivity contribution in [1.82, 2.24) is 0 Å². The molecule has 0 radical (unpaired) electrons. The van der Waals surface area contributed by atoms with E-state index in [9.17, 15) is 18.0 Å². The van der Waals surface area contributed by atoms with Gasteiger partial charge in [0.2, 0.25) is 0 Å². The Morgan fingerprint density at radius 3 is 2.68 bits per heavy atom. The summed E-state index contributed by atoms with van der Waals surface area (Å²) in [7, 11) is 1.26. The number of aliphatic hydroxyl groups excluding tert-OH is 1. The van der Waals surface area contributed by atoms with Gasteiger partial charge >= 0.3 is 12.1 Å². The number of alkyl halides is 3. The lowest BCUT2D eigenvalue weighted by Gasteiger charge is -2.42. The number of carbonyl (C=O) groups excluding carboxylic acids is 1. The summed E-state index contributed by atoms with van der Waals surface area (Å²) in [5, 5.41) is 11.9. The summed E-state index contributed by atoms with van der Waals surface area (Å²) in [4.78, 5) is 11.4. The largest absolute Gasteiger partial charge is 0.501 e. The number of esters is 1. The minimum Gasteiger partial charge on any atom is -0.501 e. The van der Waals surface area contributed by atoms with Gasteiger partial charge in [-0.2, -0.15) is 13.2 Å². The van der Waals surface area contributed by atoms with Crippen molar-refractivity contribution in [2.75, 3.05) is 45.4 Å². The van der Waals surface area contributed by atoms with E-state index in [4.69, 9.17) is 24.1 Å². The topological polar surface area (TPSA) is 86.2 Å². The molecule has 1 aliphatic rings. The monoisotopic (exact) mass is 489 g/mol. The van der Waals surface area contributed by atoms with Gasteiger partial charge in [0.1, 0.15) is 6.61 Å². The van der Waals surface area contributed by atoms with E-state index in [-0.39, 0.29) is 45.2 Å². The van der Waals surface area contributed by atoms with Gasteiger partial charge in [-0.15, -0.1) is 0 Å². The van der Waals surface area contributed by atoms with Crippen molar-refractivity contribution >= 4 is 11.7 Å². The van der Waals surface area contributed by atoms with Crippen LogP contribution in [0.25, 0.3) is 0 Å². The molecule has 1 heterocycles. The van der Waals surface area contributed by atoms with E-state index in [1.165, 1.54) is 13.4 Å². The Labute approximate surface area is 198 Å². The Morgan fingerprint density at radius 1 is 1.26 bits per heavy atom.